The monoisotopic (exact) mass is 449 g/mol. The molecular formula is C22H25F2N3O3S. The third kappa shape index (κ3) is 4.57. The van der Waals surface area contributed by atoms with Gasteiger partial charge in [0.05, 0.1) is 0 Å². The van der Waals surface area contributed by atoms with Crippen molar-refractivity contribution in [2.75, 3.05) is 44.2 Å². The Bertz CT molecular complexity index is 1030. The van der Waals surface area contributed by atoms with E-state index in [4.69, 9.17) is 0 Å². The number of piperazine rings is 1. The van der Waals surface area contributed by atoms with Crippen molar-refractivity contribution in [1.82, 2.24) is 9.21 Å². The van der Waals surface area contributed by atoms with E-state index in [0.29, 0.717) is 39.0 Å². The molecule has 0 unspecified atom stereocenters. The van der Waals surface area contributed by atoms with Gasteiger partial charge in [0.2, 0.25) is 15.9 Å². The standard InChI is InChI=1S/C22H25F2N3O3S/c23-18-5-7-19(8-6-18)25-13-15-26(16-14-25)22(28)17-9-11-27(12-10-17)31(29,30)21-4-2-1-3-20(21)24/h1-8,17H,9-16H2. The van der Waals surface area contributed by atoms with Crippen LogP contribution in [-0.2, 0) is 14.8 Å². The van der Waals surface area contributed by atoms with Gasteiger partial charge in [-0.05, 0) is 49.2 Å². The maximum Gasteiger partial charge on any atom is 0.245 e. The van der Waals surface area contributed by atoms with Crippen LogP contribution < -0.4 is 4.90 Å². The highest BCUT2D eigenvalue weighted by molar-refractivity contribution is 7.89. The van der Waals surface area contributed by atoms with E-state index in [1.165, 1.54) is 34.6 Å². The molecular weight excluding hydrogens is 424 g/mol. The Morgan fingerprint density at radius 3 is 2.06 bits per heavy atom. The summed E-state index contributed by atoms with van der Waals surface area (Å²) >= 11 is 0. The van der Waals surface area contributed by atoms with E-state index in [1.807, 2.05) is 4.90 Å². The molecule has 0 aromatic heterocycles. The van der Waals surface area contributed by atoms with Crippen molar-refractivity contribution in [3.05, 3.63) is 60.2 Å². The number of nitrogens with zero attached hydrogens (tertiary/aromatic N) is 3. The number of carbonyl (C=O) groups is 1. The summed E-state index contributed by atoms with van der Waals surface area (Å²) in [5.41, 5.74) is 0.931. The Labute approximate surface area is 181 Å². The highest BCUT2D eigenvalue weighted by Gasteiger charge is 2.35. The number of carbonyl (C=O) groups excluding carboxylic acids is 1. The van der Waals surface area contributed by atoms with Crippen molar-refractivity contribution < 1.29 is 22.0 Å². The van der Waals surface area contributed by atoms with E-state index >= 15 is 0 Å². The Balaban J connectivity index is 1.32. The van der Waals surface area contributed by atoms with Crippen LogP contribution in [0.2, 0.25) is 0 Å². The predicted molar refractivity (Wildman–Crippen MR) is 113 cm³/mol. The fourth-order valence-corrected chi connectivity index (χ4v) is 5.77. The molecule has 2 aromatic rings. The average molecular weight is 450 g/mol. The van der Waals surface area contributed by atoms with E-state index in [9.17, 15) is 22.0 Å². The zero-order valence-corrected chi connectivity index (χ0v) is 17.9. The molecule has 0 N–H and O–H groups in total. The Morgan fingerprint density at radius 2 is 1.45 bits per heavy atom. The number of amides is 1. The molecule has 0 radical (unpaired) electrons. The Kier molecular flexibility index (Phi) is 6.24. The molecule has 0 aliphatic carbocycles. The summed E-state index contributed by atoms with van der Waals surface area (Å²) in [7, 11) is -3.91. The summed E-state index contributed by atoms with van der Waals surface area (Å²) in [5.74, 6) is -1.23. The molecule has 2 aliphatic rings. The van der Waals surface area contributed by atoms with Crippen molar-refractivity contribution in [3.63, 3.8) is 0 Å². The summed E-state index contributed by atoms with van der Waals surface area (Å²) in [4.78, 5) is 16.6. The minimum Gasteiger partial charge on any atom is -0.368 e. The SMILES string of the molecule is O=C(C1CCN(S(=O)(=O)c2ccccc2F)CC1)N1CCN(c2ccc(F)cc2)CC1. The molecule has 166 valence electrons. The zero-order chi connectivity index (χ0) is 22.0. The van der Waals surface area contributed by atoms with Crippen molar-refractivity contribution >= 4 is 21.6 Å². The van der Waals surface area contributed by atoms with E-state index in [2.05, 4.69) is 4.90 Å². The third-order valence-electron chi connectivity index (χ3n) is 6.04. The van der Waals surface area contributed by atoms with Gasteiger partial charge in [0.25, 0.3) is 0 Å². The molecule has 2 aliphatic heterocycles. The molecule has 1 amide bonds. The minimum atomic E-state index is -3.91. The molecule has 0 saturated carbocycles. The third-order valence-corrected chi connectivity index (χ3v) is 7.97. The lowest BCUT2D eigenvalue weighted by Gasteiger charge is -2.39. The smallest absolute Gasteiger partial charge is 0.245 e. The summed E-state index contributed by atoms with van der Waals surface area (Å²) in [6.07, 6.45) is 0.843. The Hall–Kier alpha value is -2.52. The largest absolute Gasteiger partial charge is 0.368 e. The summed E-state index contributed by atoms with van der Waals surface area (Å²) in [6, 6.07) is 11.7. The molecule has 0 spiro atoms. The lowest BCUT2D eigenvalue weighted by atomic mass is 9.96. The van der Waals surface area contributed by atoms with Crippen molar-refractivity contribution in [3.8, 4) is 0 Å². The van der Waals surface area contributed by atoms with Crippen LogP contribution in [0.4, 0.5) is 14.5 Å². The molecule has 2 saturated heterocycles. The van der Waals surface area contributed by atoms with Gasteiger partial charge in [-0.2, -0.15) is 4.31 Å². The molecule has 0 bridgehead atoms. The number of benzene rings is 2. The maximum atomic E-state index is 14.0. The summed E-state index contributed by atoms with van der Waals surface area (Å²) in [6.45, 7) is 2.87. The van der Waals surface area contributed by atoms with E-state index in [-0.39, 0.29) is 35.6 Å². The van der Waals surface area contributed by atoms with Crippen molar-refractivity contribution in [2.45, 2.75) is 17.7 Å². The van der Waals surface area contributed by atoms with Gasteiger partial charge in [-0.25, -0.2) is 17.2 Å². The number of anilines is 1. The van der Waals surface area contributed by atoms with Crippen LogP contribution in [-0.4, -0.2) is 62.8 Å². The van der Waals surface area contributed by atoms with Gasteiger partial charge in [0, 0.05) is 50.9 Å². The Morgan fingerprint density at radius 1 is 0.839 bits per heavy atom. The first-order valence-corrected chi connectivity index (χ1v) is 11.8. The molecule has 0 atom stereocenters. The van der Waals surface area contributed by atoms with Gasteiger partial charge in [-0.1, -0.05) is 12.1 Å². The number of rotatable bonds is 4. The molecule has 9 heteroatoms. The van der Waals surface area contributed by atoms with Gasteiger partial charge in [0.1, 0.15) is 16.5 Å². The summed E-state index contributed by atoms with van der Waals surface area (Å²) < 4.78 is 53.8. The number of piperidine rings is 1. The van der Waals surface area contributed by atoms with Crippen LogP contribution in [0.25, 0.3) is 0 Å². The van der Waals surface area contributed by atoms with E-state index in [1.54, 1.807) is 12.1 Å². The van der Waals surface area contributed by atoms with Gasteiger partial charge in [-0.15, -0.1) is 0 Å². The normalized spacial score (nSPS) is 18.9. The van der Waals surface area contributed by atoms with Crippen LogP contribution >= 0.6 is 0 Å². The average Bonchev–Trinajstić information content (AvgIpc) is 2.79. The second kappa shape index (κ2) is 8.92. The van der Waals surface area contributed by atoms with Crippen LogP contribution in [0.15, 0.2) is 53.4 Å². The van der Waals surface area contributed by atoms with E-state index in [0.717, 1.165) is 11.8 Å². The molecule has 2 fully saturated rings. The fraction of sp³-hybridized carbons (Fsp3) is 0.409. The first-order valence-electron chi connectivity index (χ1n) is 10.4. The number of halogens is 2. The summed E-state index contributed by atoms with van der Waals surface area (Å²) in [5, 5.41) is 0. The highest BCUT2D eigenvalue weighted by Crippen LogP contribution is 2.27. The van der Waals surface area contributed by atoms with E-state index < -0.39 is 15.8 Å². The van der Waals surface area contributed by atoms with Gasteiger partial charge >= 0.3 is 0 Å². The molecule has 2 heterocycles. The predicted octanol–water partition coefficient (Wildman–Crippen LogP) is 2.71. The quantitative estimate of drug-likeness (QED) is 0.720. The van der Waals surface area contributed by atoms with Crippen LogP contribution in [0.1, 0.15) is 12.8 Å². The number of hydrogen-bond acceptors (Lipinski definition) is 4. The zero-order valence-electron chi connectivity index (χ0n) is 17.1. The highest BCUT2D eigenvalue weighted by atomic mass is 32.2. The second-order valence-electron chi connectivity index (χ2n) is 7.90. The van der Waals surface area contributed by atoms with Gasteiger partial charge in [0.15, 0.2) is 0 Å². The molecule has 4 rings (SSSR count). The van der Waals surface area contributed by atoms with Crippen LogP contribution in [0, 0.1) is 17.6 Å². The molecule has 2 aromatic carbocycles. The molecule has 31 heavy (non-hydrogen) atoms. The van der Waals surface area contributed by atoms with Gasteiger partial charge in [-0.3, -0.25) is 4.79 Å². The fourth-order valence-electron chi connectivity index (χ4n) is 4.23. The number of sulfonamides is 1. The first-order chi connectivity index (χ1) is 14.9. The topological polar surface area (TPSA) is 60.9 Å². The lowest BCUT2D eigenvalue weighted by molar-refractivity contribution is -0.137. The lowest BCUT2D eigenvalue weighted by Crippen LogP contribution is -2.52. The van der Waals surface area contributed by atoms with Crippen molar-refractivity contribution in [1.29, 1.82) is 0 Å². The first kappa shape index (κ1) is 21.7. The minimum absolute atomic E-state index is 0.0432. The molecule has 6 nitrogen and oxygen atoms in total. The van der Waals surface area contributed by atoms with Crippen LogP contribution in [0.5, 0.6) is 0 Å². The van der Waals surface area contributed by atoms with Gasteiger partial charge < -0.3 is 9.80 Å². The second-order valence-corrected chi connectivity index (χ2v) is 9.80. The number of hydrogen-bond donors (Lipinski definition) is 0. The van der Waals surface area contributed by atoms with Crippen LogP contribution in [0.3, 0.4) is 0 Å². The van der Waals surface area contributed by atoms with Crippen molar-refractivity contribution in [2.24, 2.45) is 5.92 Å². The maximum absolute atomic E-state index is 14.0.